The monoisotopic (exact) mass is 284 g/mol. The molecule has 0 aliphatic carbocycles. The molecule has 0 spiro atoms. The molecule has 19 heavy (non-hydrogen) atoms. The predicted molar refractivity (Wildman–Crippen MR) is 72.5 cm³/mol. The van der Waals surface area contributed by atoms with E-state index in [1.165, 1.54) is 0 Å². The number of aliphatic hydroxyl groups is 1. The Balaban J connectivity index is 1.71. The highest BCUT2D eigenvalue weighted by Crippen LogP contribution is 2.20. The van der Waals surface area contributed by atoms with E-state index < -0.39 is 6.10 Å². The van der Waals surface area contributed by atoms with Crippen molar-refractivity contribution in [2.45, 2.75) is 19.1 Å². The topological polar surface area (TPSA) is 61.8 Å². The molecule has 0 bridgehead atoms. The molecule has 2 N–H and O–H groups in total. The van der Waals surface area contributed by atoms with Crippen LogP contribution in [0.1, 0.15) is 6.92 Å². The van der Waals surface area contributed by atoms with E-state index in [0.717, 1.165) is 5.75 Å². The Morgan fingerprint density at radius 2 is 2.16 bits per heavy atom. The first-order valence-electron chi connectivity index (χ1n) is 6.17. The van der Waals surface area contributed by atoms with E-state index in [-0.39, 0.29) is 18.7 Å². The van der Waals surface area contributed by atoms with Crippen molar-refractivity contribution in [2.24, 2.45) is 0 Å². The lowest BCUT2D eigenvalue weighted by Gasteiger charge is -2.38. The van der Waals surface area contributed by atoms with Gasteiger partial charge in [-0.05, 0) is 31.2 Å². The smallest absolute Gasteiger partial charge is 0.317 e. The molecule has 1 unspecified atom stereocenters. The third-order valence-electron chi connectivity index (χ3n) is 2.80. The summed E-state index contributed by atoms with van der Waals surface area (Å²) in [5, 5.41) is 12.4. The Bertz CT molecular complexity index is 430. The van der Waals surface area contributed by atoms with Gasteiger partial charge in [0.15, 0.2) is 0 Å². The van der Waals surface area contributed by atoms with Gasteiger partial charge < -0.3 is 20.1 Å². The van der Waals surface area contributed by atoms with Gasteiger partial charge >= 0.3 is 6.03 Å². The van der Waals surface area contributed by atoms with Crippen molar-refractivity contribution in [3.05, 3.63) is 29.3 Å². The lowest BCUT2D eigenvalue weighted by molar-refractivity contribution is 0.0433. The number of likely N-dealkylation sites (tertiary alicyclic amines) is 1. The number of carbonyl (C=O) groups is 1. The number of urea groups is 1. The molecule has 0 saturated carbocycles. The molecule has 2 rings (SSSR count). The summed E-state index contributed by atoms with van der Waals surface area (Å²) in [6.45, 7) is 2.99. The van der Waals surface area contributed by atoms with Gasteiger partial charge in [0.25, 0.3) is 0 Å². The molecule has 1 aromatic rings. The molecule has 0 aromatic heterocycles. The van der Waals surface area contributed by atoms with E-state index in [1.54, 1.807) is 36.1 Å². The molecular formula is C13H17ClN2O3. The number of hydrogen-bond donors (Lipinski definition) is 2. The Morgan fingerprint density at radius 3 is 2.74 bits per heavy atom. The first-order valence-corrected chi connectivity index (χ1v) is 6.55. The van der Waals surface area contributed by atoms with Crippen LogP contribution in [-0.4, -0.2) is 47.9 Å². The van der Waals surface area contributed by atoms with Crippen LogP contribution in [0.2, 0.25) is 5.02 Å². The van der Waals surface area contributed by atoms with Gasteiger partial charge in [-0.15, -0.1) is 0 Å². The normalized spacial score (nSPS) is 16.7. The van der Waals surface area contributed by atoms with Gasteiger partial charge in [0, 0.05) is 11.6 Å². The van der Waals surface area contributed by atoms with Crippen molar-refractivity contribution < 1.29 is 14.6 Å². The van der Waals surface area contributed by atoms with E-state index in [1.807, 2.05) is 0 Å². The second-order valence-electron chi connectivity index (χ2n) is 4.63. The number of hydrogen-bond acceptors (Lipinski definition) is 3. The Kier molecular flexibility index (Phi) is 4.50. The van der Waals surface area contributed by atoms with E-state index in [9.17, 15) is 4.79 Å². The minimum atomic E-state index is -0.536. The molecule has 1 aromatic carbocycles. The predicted octanol–water partition coefficient (Wildman–Crippen LogP) is 1.49. The molecule has 1 atom stereocenters. The average molecular weight is 285 g/mol. The van der Waals surface area contributed by atoms with Gasteiger partial charge in [-0.2, -0.15) is 0 Å². The number of carbonyl (C=O) groups excluding carboxylic acids is 1. The largest absolute Gasteiger partial charge is 0.487 e. The van der Waals surface area contributed by atoms with E-state index in [2.05, 4.69) is 5.32 Å². The third kappa shape index (κ3) is 4.01. The fraction of sp³-hybridized carbons (Fsp3) is 0.462. The fourth-order valence-electron chi connectivity index (χ4n) is 1.73. The van der Waals surface area contributed by atoms with Crippen molar-refractivity contribution in [1.29, 1.82) is 0 Å². The molecular weight excluding hydrogens is 268 g/mol. The number of nitrogens with one attached hydrogen (secondary N) is 1. The highest BCUT2D eigenvalue weighted by molar-refractivity contribution is 6.30. The molecule has 6 heteroatoms. The molecule has 1 aliphatic heterocycles. The summed E-state index contributed by atoms with van der Waals surface area (Å²) < 4.78 is 5.68. The maximum absolute atomic E-state index is 11.6. The van der Waals surface area contributed by atoms with Gasteiger partial charge in [-0.3, -0.25) is 0 Å². The Labute approximate surface area is 117 Å². The number of benzene rings is 1. The fourth-order valence-corrected chi connectivity index (χ4v) is 1.86. The lowest BCUT2D eigenvalue weighted by Crippen LogP contribution is -2.59. The Hall–Kier alpha value is -1.46. The first-order chi connectivity index (χ1) is 9.04. The highest BCUT2D eigenvalue weighted by Gasteiger charge is 2.32. The molecule has 0 radical (unpaired) electrons. The van der Waals surface area contributed by atoms with Gasteiger partial charge in [-0.25, -0.2) is 4.79 Å². The first kappa shape index (κ1) is 14.0. The van der Waals surface area contributed by atoms with Gasteiger partial charge in [0.1, 0.15) is 11.9 Å². The second kappa shape index (κ2) is 6.12. The van der Waals surface area contributed by atoms with Crippen LogP contribution in [0.5, 0.6) is 5.75 Å². The van der Waals surface area contributed by atoms with Gasteiger partial charge in [0.05, 0.1) is 19.2 Å². The molecule has 1 heterocycles. The molecule has 104 valence electrons. The average Bonchev–Trinajstić information content (AvgIpc) is 2.32. The number of nitrogens with zero attached hydrogens (tertiary/aromatic N) is 1. The number of halogens is 1. The minimum absolute atomic E-state index is 0.0125. The summed E-state index contributed by atoms with van der Waals surface area (Å²) in [7, 11) is 0. The van der Waals surface area contributed by atoms with Crippen LogP contribution in [0.4, 0.5) is 4.79 Å². The SMILES string of the molecule is CC(O)CNC(=O)N1CC(Oc2ccc(Cl)cc2)C1. The quantitative estimate of drug-likeness (QED) is 0.881. The van der Waals surface area contributed by atoms with Crippen LogP contribution < -0.4 is 10.1 Å². The van der Waals surface area contributed by atoms with Crippen molar-refractivity contribution in [1.82, 2.24) is 10.2 Å². The van der Waals surface area contributed by atoms with E-state index in [4.69, 9.17) is 21.4 Å². The van der Waals surface area contributed by atoms with Crippen LogP contribution in [-0.2, 0) is 0 Å². The zero-order chi connectivity index (χ0) is 13.8. The standard InChI is InChI=1S/C13H17ClN2O3/c1-9(17)6-15-13(18)16-7-12(8-16)19-11-4-2-10(14)3-5-11/h2-5,9,12,17H,6-8H2,1H3,(H,15,18). The highest BCUT2D eigenvalue weighted by atomic mass is 35.5. The van der Waals surface area contributed by atoms with Crippen LogP contribution in [0.3, 0.4) is 0 Å². The summed E-state index contributed by atoms with van der Waals surface area (Å²) in [6.07, 6.45) is -0.523. The maximum Gasteiger partial charge on any atom is 0.317 e. The third-order valence-corrected chi connectivity index (χ3v) is 3.05. The van der Waals surface area contributed by atoms with Crippen LogP contribution in [0.25, 0.3) is 0 Å². The van der Waals surface area contributed by atoms with Crippen molar-refractivity contribution >= 4 is 17.6 Å². The number of rotatable bonds is 4. The summed E-state index contributed by atoms with van der Waals surface area (Å²) >= 11 is 5.78. The van der Waals surface area contributed by atoms with Crippen LogP contribution in [0.15, 0.2) is 24.3 Å². The van der Waals surface area contributed by atoms with Crippen molar-refractivity contribution in [3.63, 3.8) is 0 Å². The molecule has 1 fully saturated rings. The molecule has 2 amide bonds. The summed E-state index contributed by atoms with van der Waals surface area (Å²) in [4.78, 5) is 13.2. The molecule has 1 saturated heterocycles. The van der Waals surface area contributed by atoms with Crippen molar-refractivity contribution in [3.8, 4) is 5.75 Å². The van der Waals surface area contributed by atoms with E-state index in [0.29, 0.717) is 18.1 Å². The summed E-state index contributed by atoms with van der Waals surface area (Å²) in [6, 6.07) is 6.97. The van der Waals surface area contributed by atoms with Gasteiger partial charge in [-0.1, -0.05) is 11.6 Å². The zero-order valence-electron chi connectivity index (χ0n) is 10.7. The van der Waals surface area contributed by atoms with Gasteiger partial charge in [0.2, 0.25) is 0 Å². The zero-order valence-corrected chi connectivity index (χ0v) is 11.4. The van der Waals surface area contributed by atoms with Crippen LogP contribution >= 0.6 is 11.6 Å². The minimum Gasteiger partial charge on any atom is -0.487 e. The molecule has 1 aliphatic rings. The van der Waals surface area contributed by atoms with Crippen molar-refractivity contribution in [2.75, 3.05) is 19.6 Å². The van der Waals surface area contributed by atoms with E-state index >= 15 is 0 Å². The maximum atomic E-state index is 11.6. The summed E-state index contributed by atoms with van der Waals surface area (Å²) in [5.41, 5.74) is 0. The number of aliphatic hydroxyl groups excluding tert-OH is 1. The second-order valence-corrected chi connectivity index (χ2v) is 5.07. The Morgan fingerprint density at radius 1 is 1.53 bits per heavy atom. The lowest BCUT2D eigenvalue weighted by atomic mass is 10.2. The molecule has 5 nitrogen and oxygen atoms in total. The number of amides is 2. The van der Waals surface area contributed by atoms with Crippen LogP contribution in [0, 0.1) is 0 Å². The number of ether oxygens (including phenoxy) is 1. The summed E-state index contributed by atoms with van der Waals surface area (Å²) in [5.74, 6) is 0.749.